The van der Waals surface area contributed by atoms with Crippen LogP contribution in [-0.4, -0.2) is 36.5 Å². The summed E-state index contributed by atoms with van der Waals surface area (Å²) in [6.07, 6.45) is 10.7. The van der Waals surface area contributed by atoms with E-state index in [1.165, 1.54) is 38.5 Å². The summed E-state index contributed by atoms with van der Waals surface area (Å²) in [5.74, 6) is 2.39. The molecule has 5 aliphatic rings. The van der Waals surface area contributed by atoms with Gasteiger partial charge in [-0.1, -0.05) is 19.3 Å². The van der Waals surface area contributed by atoms with E-state index in [0.717, 1.165) is 37.8 Å². The summed E-state index contributed by atoms with van der Waals surface area (Å²) in [5, 5.41) is 0. The molecule has 0 aromatic heterocycles. The van der Waals surface area contributed by atoms with Crippen molar-refractivity contribution in [1.82, 2.24) is 4.90 Å². The Hall–Kier alpha value is -1.06. The lowest BCUT2D eigenvalue weighted by Crippen LogP contribution is -2.60. The predicted octanol–water partition coefficient (Wildman–Crippen LogP) is 2.76. The second-order valence-electron chi connectivity index (χ2n) is 9.33. The summed E-state index contributed by atoms with van der Waals surface area (Å²) in [4.78, 5) is 26.1. The van der Waals surface area contributed by atoms with Crippen LogP contribution in [0, 0.1) is 28.6 Å². The highest BCUT2D eigenvalue weighted by molar-refractivity contribution is 5.82. The maximum absolute atomic E-state index is 12.7. The number of carbonyl (C=O) groups is 2. The van der Waals surface area contributed by atoms with Crippen molar-refractivity contribution < 1.29 is 14.3 Å². The number of amides is 1. The van der Waals surface area contributed by atoms with Gasteiger partial charge in [0, 0.05) is 29.8 Å². The summed E-state index contributed by atoms with van der Waals surface area (Å²) < 4.78 is 5.10. The van der Waals surface area contributed by atoms with Gasteiger partial charge in [-0.3, -0.25) is 9.59 Å². The van der Waals surface area contributed by atoms with Crippen molar-refractivity contribution in [3.63, 3.8) is 0 Å². The van der Waals surface area contributed by atoms with E-state index < -0.39 is 0 Å². The average molecular weight is 317 g/mol. The molecule has 3 saturated carbocycles. The quantitative estimate of drug-likeness (QED) is 0.736. The SMILES string of the molecule is O=C1CC2(CO1)CC(C(=O)N1CC3(CCC(C4CCC4)C3)C1)C2. The van der Waals surface area contributed by atoms with Gasteiger partial charge in [-0.15, -0.1) is 0 Å². The maximum Gasteiger partial charge on any atom is 0.306 e. The number of esters is 1. The highest BCUT2D eigenvalue weighted by Gasteiger charge is 2.57. The zero-order chi connectivity index (χ0) is 15.7. The van der Waals surface area contributed by atoms with Gasteiger partial charge in [0.1, 0.15) is 0 Å². The first-order valence-electron chi connectivity index (χ1n) is 9.51. The van der Waals surface area contributed by atoms with E-state index in [2.05, 4.69) is 4.90 Å². The van der Waals surface area contributed by atoms with Crippen LogP contribution in [0.2, 0.25) is 0 Å². The van der Waals surface area contributed by atoms with E-state index in [-0.39, 0.29) is 17.3 Å². The molecule has 4 nitrogen and oxygen atoms in total. The summed E-state index contributed by atoms with van der Waals surface area (Å²) in [5.41, 5.74) is 0.492. The molecular formula is C19H27NO3. The predicted molar refractivity (Wildman–Crippen MR) is 84.4 cm³/mol. The van der Waals surface area contributed by atoms with Crippen molar-refractivity contribution in [2.75, 3.05) is 19.7 Å². The Morgan fingerprint density at radius 1 is 1.04 bits per heavy atom. The van der Waals surface area contributed by atoms with Crippen LogP contribution in [0.3, 0.4) is 0 Å². The van der Waals surface area contributed by atoms with E-state index in [9.17, 15) is 9.59 Å². The third-order valence-electron chi connectivity index (χ3n) is 7.69. The smallest absolute Gasteiger partial charge is 0.306 e. The van der Waals surface area contributed by atoms with Crippen molar-refractivity contribution in [3.05, 3.63) is 0 Å². The minimum atomic E-state index is -0.0770. The molecule has 2 aliphatic heterocycles. The zero-order valence-electron chi connectivity index (χ0n) is 13.9. The molecule has 0 aromatic rings. The molecule has 0 N–H and O–H groups in total. The number of likely N-dealkylation sites (tertiary alicyclic amines) is 1. The van der Waals surface area contributed by atoms with Crippen molar-refractivity contribution in [1.29, 1.82) is 0 Å². The van der Waals surface area contributed by atoms with Gasteiger partial charge >= 0.3 is 5.97 Å². The van der Waals surface area contributed by atoms with Crippen LogP contribution in [0.4, 0.5) is 0 Å². The van der Waals surface area contributed by atoms with Crippen molar-refractivity contribution in [3.8, 4) is 0 Å². The normalized spacial score (nSPS) is 41.6. The Kier molecular flexibility index (Phi) is 2.94. The standard InChI is InChI=1S/C19H27NO3/c21-16-9-19(12-23-16)7-15(8-19)17(22)20-10-18(11-20)5-4-14(6-18)13-2-1-3-13/h13-15H,1-12H2. The minimum absolute atomic E-state index is 0.0165. The Morgan fingerprint density at radius 2 is 1.83 bits per heavy atom. The molecule has 2 heterocycles. The molecule has 5 fully saturated rings. The first-order chi connectivity index (χ1) is 11.1. The first kappa shape index (κ1) is 14.3. The average Bonchev–Trinajstić information content (AvgIpc) is 2.97. The molecule has 1 amide bonds. The molecule has 126 valence electrons. The van der Waals surface area contributed by atoms with Gasteiger partial charge in [0.05, 0.1) is 13.0 Å². The van der Waals surface area contributed by atoms with E-state index in [4.69, 9.17) is 4.74 Å². The van der Waals surface area contributed by atoms with Crippen molar-refractivity contribution in [2.45, 2.75) is 57.8 Å². The topological polar surface area (TPSA) is 46.6 Å². The molecule has 2 saturated heterocycles. The van der Waals surface area contributed by atoms with Crippen LogP contribution in [-0.2, 0) is 14.3 Å². The number of cyclic esters (lactones) is 1. The Balaban J connectivity index is 1.12. The van der Waals surface area contributed by atoms with Gasteiger partial charge in [-0.2, -0.15) is 0 Å². The first-order valence-corrected chi connectivity index (χ1v) is 9.51. The van der Waals surface area contributed by atoms with Crippen LogP contribution >= 0.6 is 0 Å². The summed E-state index contributed by atoms with van der Waals surface area (Å²) in [7, 11) is 0. The van der Waals surface area contributed by atoms with Crippen LogP contribution < -0.4 is 0 Å². The monoisotopic (exact) mass is 317 g/mol. The van der Waals surface area contributed by atoms with Crippen LogP contribution in [0.15, 0.2) is 0 Å². The molecule has 4 heteroatoms. The lowest BCUT2D eigenvalue weighted by molar-refractivity contribution is -0.156. The van der Waals surface area contributed by atoms with Crippen LogP contribution in [0.25, 0.3) is 0 Å². The number of rotatable bonds is 2. The minimum Gasteiger partial charge on any atom is -0.465 e. The van der Waals surface area contributed by atoms with Gasteiger partial charge in [0.25, 0.3) is 0 Å². The summed E-state index contributed by atoms with van der Waals surface area (Å²) in [6.45, 7) is 2.56. The fourth-order valence-corrected chi connectivity index (χ4v) is 6.09. The summed E-state index contributed by atoms with van der Waals surface area (Å²) >= 11 is 0. The lowest BCUT2D eigenvalue weighted by Gasteiger charge is -2.52. The zero-order valence-corrected chi connectivity index (χ0v) is 13.9. The molecule has 23 heavy (non-hydrogen) atoms. The molecule has 0 bridgehead atoms. The second kappa shape index (κ2) is 4.73. The highest BCUT2D eigenvalue weighted by atomic mass is 16.5. The van der Waals surface area contributed by atoms with Gasteiger partial charge in [-0.05, 0) is 43.9 Å². The van der Waals surface area contributed by atoms with Gasteiger partial charge < -0.3 is 9.64 Å². The molecule has 0 aromatic carbocycles. The molecule has 2 spiro atoms. The molecule has 3 aliphatic carbocycles. The van der Waals surface area contributed by atoms with Crippen molar-refractivity contribution >= 4 is 11.9 Å². The maximum atomic E-state index is 12.7. The number of carbonyl (C=O) groups excluding carboxylic acids is 2. The molecule has 1 unspecified atom stereocenters. The van der Waals surface area contributed by atoms with Crippen LogP contribution in [0.1, 0.15) is 57.8 Å². The highest BCUT2D eigenvalue weighted by Crippen LogP contribution is 2.56. The van der Waals surface area contributed by atoms with Gasteiger partial charge in [0.2, 0.25) is 5.91 Å². The largest absolute Gasteiger partial charge is 0.465 e. The van der Waals surface area contributed by atoms with Gasteiger partial charge in [0.15, 0.2) is 0 Å². The number of ether oxygens (including phenoxy) is 1. The third-order valence-corrected chi connectivity index (χ3v) is 7.69. The Morgan fingerprint density at radius 3 is 2.43 bits per heavy atom. The second-order valence-corrected chi connectivity index (χ2v) is 9.33. The fourth-order valence-electron chi connectivity index (χ4n) is 6.09. The van der Waals surface area contributed by atoms with Crippen molar-refractivity contribution in [2.24, 2.45) is 28.6 Å². The molecule has 5 rings (SSSR count). The van der Waals surface area contributed by atoms with E-state index in [0.29, 0.717) is 24.3 Å². The number of nitrogens with zero attached hydrogens (tertiary/aromatic N) is 1. The molecular weight excluding hydrogens is 290 g/mol. The summed E-state index contributed by atoms with van der Waals surface area (Å²) in [6, 6.07) is 0. The van der Waals surface area contributed by atoms with E-state index in [1.54, 1.807) is 0 Å². The molecule has 1 atom stereocenters. The number of hydrogen-bond acceptors (Lipinski definition) is 3. The lowest BCUT2D eigenvalue weighted by atomic mass is 9.60. The van der Waals surface area contributed by atoms with E-state index in [1.807, 2.05) is 0 Å². The third kappa shape index (κ3) is 2.16. The number of hydrogen-bond donors (Lipinski definition) is 0. The fraction of sp³-hybridized carbons (Fsp3) is 0.895. The Bertz CT molecular complexity index is 541. The van der Waals surface area contributed by atoms with Crippen LogP contribution in [0.5, 0.6) is 0 Å². The van der Waals surface area contributed by atoms with E-state index >= 15 is 0 Å². The Labute approximate surface area is 137 Å². The van der Waals surface area contributed by atoms with Gasteiger partial charge in [-0.25, -0.2) is 0 Å². The molecule has 0 radical (unpaired) electrons.